The van der Waals surface area contributed by atoms with Gasteiger partial charge >= 0.3 is 0 Å². The fourth-order valence-electron chi connectivity index (χ4n) is 3.80. The fourth-order valence-corrected chi connectivity index (χ4v) is 5.11. The number of aryl methyl sites for hydroxylation is 1. The average molecular weight is 459 g/mol. The van der Waals surface area contributed by atoms with Crippen LogP contribution in [-0.2, 0) is 22.8 Å². The largest absolute Gasteiger partial charge is 0.313 e. The molecule has 0 saturated heterocycles. The van der Waals surface area contributed by atoms with Gasteiger partial charge in [0.15, 0.2) is 9.84 Å². The van der Waals surface area contributed by atoms with E-state index in [-0.39, 0.29) is 5.75 Å². The number of unbranched alkanes of at least 4 members (excludes halogenated alkanes) is 2. The molecule has 0 atom stereocenters. The second-order valence-corrected chi connectivity index (χ2v) is 10.7. The zero-order chi connectivity index (χ0) is 23.1. The van der Waals surface area contributed by atoms with Crippen molar-refractivity contribution in [1.29, 1.82) is 0 Å². The first kappa shape index (κ1) is 26.6. The average Bonchev–Trinajstić information content (AvgIpc) is 2.81. The van der Waals surface area contributed by atoms with Gasteiger partial charge in [0.2, 0.25) is 0 Å². The molecule has 2 aromatic carbocycles. The zero-order valence-corrected chi connectivity index (χ0v) is 20.9. The summed E-state index contributed by atoms with van der Waals surface area (Å²) in [5.74, 6) is 0.187. The molecule has 0 aliphatic rings. The normalized spacial score (nSPS) is 11.8. The SMILES string of the molecule is CCCCN(CCCC)CCCNCc1ccc(S(=O)(=O)CCCc2ccccc2)cc1. The minimum Gasteiger partial charge on any atom is -0.313 e. The summed E-state index contributed by atoms with van der Waals surface area (Å²) in [5.41, 5.74) is 2.31. The van der Waals surface area contributed by atoms with Gasteiger partial charge in [0.05, 0.1) is 10.6 Å². The van der Waals surface area contributed by atoms with E-state index in [1.54, 1.807) is 12.1 Å². The molecule has 0 spiro atoms. The molecule has 0 unspecified atom stereocenters. The number of nitrogens with one attached hydrogen (secondary N) is 1. The van der Waals surface area contributed by atoms with Gasteiger partial charge in [-0.25, -0.2) is 8.42 Å². The molecule has 0 radical (unpaired) electrons. The van der Waals surface area contributed by atoms with Crippen LogP contribution in [0.3, 0.4) is 0 Å². The van der Waals surface area contributed by atoms with Gasteiger partial charge in [-0.1, -0.05) is 69.2 Å². The van der Waals surface area contributed by atoms with E-state index in [0.717, 1.165) is 38.0 Å². The van der Waals surface area contributed by atoms with Crippen molar-refractivity contribution in [2.24, 2.45) is 0 Å². The number of benzene rings is 2. The Labute approximate surface area is 196 Å². The minimum absolute atomic E-state index is 0.187. The molecular formula is C27H42N2O2S. The Kier molecular flexibility index (Phi) is 12.6. The third kappa shape index (κ3) is 10.3. The maximum Gasteiger partial charge on any atom is 0.178 e. The number of sulfone groups is 1. The summed E-state index contributed by atoms with van der Waals surface area (Å²) in [5, 5.41) is 3.50. The van der Waals surface area contributed by atoms with Crippen molar-refractivity contribution in [3.05, 3.63) is 65.7 Å². The molecule has 1 N–H and O–H groups in total. The summed E-state index contributed by atoms with van der Waals surface area (Å²) in [6, 6.07) is 17.4. The molecular weight excluding hydrogens is 416 g/mol. The lowest BCUT2D eigenvalue weighted by atomic mass is 10.1. The lowest BCUT2D eigenvalue weighted by Crippen LogP contribution is -2.29. The summed E-state index contributed by atoms with van der Waals surface area (Å²) in [6.45, 7) is 9.82. The van der Waals surface area contributed by atoms with Crippen molar-refractivity contribution in [3.63, 3.8) is 0 Å². The number of hydrogen-bond acceptors (Lipinski definition) is 4. The number of nitrogens with zero attached hydrogens (tertiary/aromatic N) is 1. The fraction of sp³-hybridized carbons (Fsp3) is 0.556. The lowest BCUT2D eigenvalue weighted by molar-refractivity contribution is 0.261. The minimum atomic E-state index is -3.23. The Balaban J connectivity index is 1.70. The van der Waals surface area contributed by atoms with Crippen molar-refractivity contribution in [3.8, 4) is 0 Å². The molecule has 0 aliphatic carbocycles. The molecule has 0 aliphatic heterocycles. The summed E-state index contributed by atoms with van der Waals surface area (Å²) in [7, 11) is -3.23. The van der Waals surface area contributed by atoms with Gasteiger partial charge < -0.3 is 10.2 Å². The predicted molar refractivity (Wildman–Crippen MR) is 136 cm³/mol. The first-order valence-electron chi connectivity index (χ1n) is 12.3. The van der Waals surface area contributed by atoms with Gasteiger partial charge in [-0.15, -0.1) is 0 Å². The van der Waals surface area contributed by atoms with E-state index in [0.29, 0.717) is 11.3 Å². The van der Waals surface area contributed by atoms with Gasteiger partial charge in [-0.3, -0.25) is 0 Å². The van der Waals surface area contributed by atoms with Gasteiger partial charge in [0, 0.05) is 6.54 Å². The first-order chi connectivity index (χ1) is 15.5. The van der Waals surface area contributed by atoms with E-state index in [1.807, 2.05) is 42.5 Å². The van der Waals surface area contributed by atoms with Crippen LogP contribution in [-0.4, -0.2) is 45.2 Å². The van der Waals surface area contributed by atoms with E-state index < -0.39 is 9.84 Å². The molecule has 4 nitrogen and oxygen atoms in total. The topological polar surface area (TPSA) is 49.4 Å². The van der Waals surface area contributed by atoms with Crippen molar-refractivity contribution in [1.82, 2.24) is 10.2 Å². The highest BCUT2D eigenvalue weighted by atomic mass is 32.2. The standard InChI is InChI=1S/C27H42N2O2S/c1-3-5-20-29(21-6-4-2)22-11-19-28-24-26-15-17-27(18-16-26)32(30,31)23-10-14-25-12-8-7-9-13-25/h7-9,12-13,15-18,28H,3-6,10-11,14,19-24H2,1-2H3. The van der Waals surface area contributed by atoms with Gasteiger partial charge in [0.1, 0.15) is 0 Å². The molecule has 2 aromatic rings. The maximum atomic E-state index is 12.6. The van der Waals surface area contributed by atoms with Gasteiger partial charge in [-0.2, -0.15) is 0 Å². The second-order valence-electron chi connectivity index (χ2n) is 8.63. The van der Waals surface area contributed by atoms with Crippen LogP contribution < -0.4 is 5.32 Å². The van der Waals surface area contributed by atoms with Crippen LogP contribution in [0.25, 0.3) is 0 Å². The Morgan fingerprint density at radius 3 is 2.00 bits per heavy atom. The van der Waals surface area contributed by atoms with Crippen LogP contribution in [0.2, 0.25) is 0 Å². The maximum absolute atomic E-state index is 12.6. The van der Waals surface area contributed by atoms with Crippen LogP contribution in [0.5, 0.6) is 0 Å². The summed E-state index contributed by atoms with van der Waals surface area (Å²) >= 11 is 0. The molecule has 0 heterocycles. The third-order valence-electron chi connectivity index (χ3n) is 5.82. The van der Waals surface area contributed by atoms with E-state index in [2.05, 4.69) is 24.1 Å². The highest BCUT2D eigenvalue weighted by molar-refractivity contribution is 7.91. The monoisotopic (exact) mass is 458 g/mol. The molecule has 0 fully saturated rings. The van der Waals surface area contributed by atoms with E-state index in [4.69, 9.17) is 0 Å². The molecule has 0 amide bonds. The van der Waals surface area contributed by atoms with Crippen molar-refractivity contribution in [2.75, 3.05) is 31.9 Å². The Bertz CT molecular complexity index is 828. The Hall–Kier alpha value is -1.69. The van der Waals surface area contributed by atoms with Crippen LogP contribution in [0.4, 0.5) is 0 Å². The molecule has 2 rings (SSSR count). The van der Waals surface area contributed by atoms with Crippen LogP contribution in [0.15, 0.2) is 59.5 Å². The quantitative estimate of drug-likeness (QED) is 0.319. The van der Waals surface area contributed by atoms with Crippen molar-refractivity contribution < 1.29 is 8.42 Å². The van der Waals surface area contributed by atoms with E-state index in [9.17, 15) is 8.42 Å². The van der Waals surface area contributed by atoms with Gasteiger partial charge in [-0.05, 0) is 81.5 Å². The van der Waals surface area contributed by atoms with Crippen LogP contribution in [0.1, 0.15) is 63.5 Å². The van der Waals surface area contributed by atoms with Crippen molar-refractivity contribution >= 4 is 9.84 Å². The Morgan fingerprint density at radius 1 is 0.750 bits per heavy atom. The molecule has 0 saturated carbocycles. The van der Waals surface area contributed by atoms with E-state index >= 15 is 0 Å². The summed E-state index contributed by atoms with van der Waals surface area (Å²) < 4.78 is 25.3. The van der Waals surface area contributed by atoms with Crippen molar-refractivity contribution in [2.45, 2.75) is 70.2 Å². The molecule has 0 aromatic heterocycles. The van der Waals surface area contributed by atoms with Gasteiger partial charge in [0.25, 0.3) is 0 Å². The lowest BCUT2D eigenvalue weighted by Gasteiger charge is -2.22. The highest BCUT2D eigenvalue weighted by Crippen LogP contribution is 2.15. The number of hydrogen-bond donors (Lipinski definition) is 1. The van der Waals surface area contributed by atoms with Crippen LogP contribution >= 0.6 is 0 Å². The second kappa shape index (κ2) is 15.2. The molecule has 5 heteroatoms. The molecule has 178 valence electrons. The zero-order valence-electron chi connectivity index (χ0n) is 20.1. The van der Waals surface area contributed by atoms with Crippen LogP contribution in [0, 0.1) is 0 Å². The summed E-state index contributed by atoms with van der Waals surface area (Å²) in [6.07, 6.45) is 7.62. The number of rotatable bonds is 17. The van der Waals surface area contributed by atoms with E-state index in [1.165, 1.54) is 44.3 Å². The Morgan fingerprint density at radius 2 is 1.38 bits per heavy atom. The smallest absolute Gasteiger partial charge is 0.178 e. The first-order valence-corrected chi connectivity index (χ1v) is 14.0. The molecule has 0 bridgehead atoms. The molecule has 32 heavy (non-hydrogen) atoms. The highest BCUT2D eigenvalue weighted by Gasteiger charge is 2.14. The third-order valence-corrected chi connectivity index (χ3v) is 7.63. The summed E-state index contributed by atoms with van der Waals surface area (Å²) in [4.78, 5) is 3.02. The predicted octanol–water partition coefficient (Wildman–Crippen LogP) is 5.48.